The second-order valence-electron chi connectivity index (χ2n) is 4.86. The van der Waals surface area contributed by atoms with Gasteiger partial charge in [0, 0.05) is 5.69 Å². The molecule has 24 heavy (non-hydrogen) atoms. The van der Waals surface area contributed by atoms with Gasteiger partial charge in [-0.05, 0) is 61.1 Å². The molecule has 2 rings (SSSR count). The molecule has 3 N–H and O–H groups in total. The zero-order chi connectivity index (χ0) is 17.4. The zero-order valence-electron chi connectivity index (χ0n) is 13.0. The van der Waals surface area contributed by atoms with E-state index >= 15 is 0 Å². The number of anilines is 1. The van der Waals surface area contributed by atoms with Crippen molar-refractivity contribution in [3.8, 4) is 5.75 Å². The topological polar surface area (TPSA) is 83.0 Å². The molecule has 0 fully saturated rings. The van der Waals surface area contributed by atoms with Crippen LogP contribution in [0.15, 0.2) is 59.7 Å². The minimum Gasteiger partial charge on any atom is -0.479 e. The maximum absolute atomic E-state index is 10.7. The zero-order valence-corrected chi connectivity index (χ0v) is 13.8. The summed E-state index contributed by atoms with van der Waals surface area (Å²) in [5, 5.41) is 16.2. The lowest BCUT2D eigenvalue weighted by atomic mass is 10.2. The van der Waals surface area contributed by atoms with E-state index in [0.29, 0.717) is 10.9 Å². The highest BCUT2D eigenvalue weighted by atomic mass is 32.1. The number of nitrogens with zero attached hydrogens (tertiary/aromatic N) is 1. The van der Waals surface area contributed by atoms with Crippen molar-refractivity contribution in [3.63, 3.8) is 0 Å². The summed E-state index contributed by atoms with van der Waals surface area (Å²) in [6, 6.07) is 16.4. The van der Waals surface area contributed by atoms with Gasteiger partial charge in [-0.2, -0.15) is 5.10 Å². The normalized spacial score (nSPS) is 11.7. The largest absolute Gasteiger partial charge is 0.479 e. The smallest absolute Gasteiger partial charge is 0.344 e. The van der Waals surface area contributed by atoms with Gasteiger partial charge in [-0.3, -0.25) is 5.43 Å². The standard InChI is InChI=1S/C17H17N3O3S/c1-12(16(21)22)23-15-9-7-13(8-10-15)11-18-20-17(24)19-14-5-3-2-4-6-14/h2-12H,1H3,(H,21,22)(H2,19,20,24)/b18-11+/t12-/m0/s1. The van der Waals surface area contributed by atoms with Gasteiger partial charge in [0.15, 0.2) is 11.2 Å². The van der Waals surface area contributed by atoms with Crippen molar-refractivity contribution in [1.29, 1.82) is 0 Å². The SMILES string of the molecule is C[C@H](Oc1ccc(/C=N/NC(=S)Nc2ccccc2)cc1)C(=O)O. The Hall–Kier alpha value is -2.93. The average Bonchev–Trinajstić information content (AvgIpc) is 2.57. The third kappa shape index (κ3) is 5.69. The molecule has 0 aliphatic heterocycles. The summed E-state index contributed by atoms with van der Waals surface area (Å²) >= 11 is 5.13. The van der Waals surface area contributed by atoms with E-state index in [1.807, 2.05) is 30.3 Å². The molecule has 0 aliphatic rings. The number of carboxylic acids is 1. The fraction of sp³-hybridized carbons (Fsp3) is 0.118. The maximum atomic E-state index is 10.7. The highest BCUT2D eigenvalue weighted by molar-refractivity contribution is 7.80. The number of hydrogen-bond acceptors (Lipinski definition) is 4. The number of para-hydroxylation sites is 1. The molecule has 2 aromatic rings. The Morgan fingerprint density at radius 2 is 1.88 bits per heavy atom. The lowest BCUT2D eigenvalue weighted by Gasteiger charge is -2.10. The molecule has 2 aromatic carbocycles. The van der Waals surface area contributed by atoms with Crippen molar-refractivity contribution in [2.75, 3.05) is 5.32 Å². The monoisotopic (exact) mass is 343 g/mol. The Morgan fingerprint density at radius 3 is 2.50 bits per heavy atom. The van der Waals surface area contributed by atoms with Crippen molar-refractivity contribution in [2.45, 2.75) is 13.0 Å². The molecule has 0 bridgehead atoms. The van der Waals surface area contributed by atoms with Crippen molar-refractivity contribution < 1.29 is 14.6 Å². The molecule has 0 saturated heterocycles. The molecule has 0 aromatic heterocycles. The van der Waals surface area contributed by atoms with Crippen molar-refractivity contribution >= 4 is 35.2 Å². The highest BCUT2D eigenvalue weighted by Crippen LogP contribution is 2.13. The third-order valence-corrected chi connectivity index (χ3v) is 3.15. The second kappa shape index (κ2) is 8.64. The molecule has 0 saturated carbocycles. The first-order valence-electron chi connectivity index (χ1n) is 7.19. The molecule has 7 heteroatoms. The number of aliphatic carboxylic acids is 1. The summed E-state index contributed by atoms with van der Waals surface area (Å²) in [5.41, 5.74) is 4.42. The van der Waals surface area contributed by atoms with Crippen LogP contribution in [0.4, 0.5) is 5.69 Å². The minimum absolute atomic E-state index is 0.382. The Labute approximate surface area is 145 Å². The Balaban J connectivity index is 1.83. The van der Waals surface area contributed by atoms with E-state index in [-0.39, 0.29) is 0 Å². The van der Waals surface area contributed by atoms with Crippen LogP contribution in [0.3, 0.4) is 0 Å². The van der Waals surface area contributed by atoms with Gasteiger partial charge in [-0.15, -0.1) is 0 Å². The molecular formula is C17H17N3O3S. The Morgan fingerprint density at radius 1 is 1.21 bits per heavy atom. The number of carbonyl (C=O) groups is 1. The van der Waals surface area contributed by atoms with Gasteiger partial charge in [0.2, 0.25) is 0 Å². The highest BCUT2D eigenvalue weighted by Gasteiger charge is 2.11. The summed E-state index contributed by atoms with van der Waals surface area (Å²) in [5.74, 6) is -0.527. The van der Waals surface area contributed by atoms with Crippen LogP contribution in [0.2, 0.25) is 0 Å². The van der Waals surface area contributed by atoms with Crippen LogP contribution in [-0.4, -0.2) is 28.5 Å². The Bertz CT molecular complexity index is 718. The van der Waals surface area contributed by atoms with Crippen molar-refractivity contribution in [3.05, 3.63) is 60.2 Å². The van der Waals surface area contributed by atoms with Crippen LogP contribution in [0.1, 0.15) is 12.5 Å². The Kier molecular flexibility index (Phi) is 6.27. The lowest BCUT2D eigenvalue weighted by Crippen LogP contribution is -2.23. The molecule has 0 unspecified atom stereocenters. The first-order valence-corrected chi connectivity index (χ1v) is 7.60. The van der Waals surface area contributed by atoms with Gasteiger partial charge in [-0.25, -0.2) is 4.79 Å². The number of hydrazone groups is 1. The summed E-state index contributed by atoms with van der Waals surface area (Å²) < 4.78 is 5.25. The fourth-order valence-electron chi connectivity index (χ4n) is 1.73. The van der Waals surface area contributed by atoms with Gasteiger partial charge in [0.05, 0.1) is 6.21 Å². The molecule has 6 nitrogen and oxygen atoms in total. The van der Waals surface area contributed by atoms with E-state index in [9.17, 15) is 4.79 Å². The summed E-state index contributed by atoms with van der Waals surface area (Å²) in [4.78, 5) is 10.7. The van der Waals surface area contributed by atoms with Crippen LogP contribution < -0.4 is 15.5 Å². The van der Waals surface area contributed by atoms with Crippen LogP contribution in [0.25, 0.3) is 0 Å². The minimum atomic E-state index is -1.01. The fourth-order valence-corrected chi connectivity index (χ4v) is 1.90. The molecule has 124 valence electrons. The van der Waals surface area contributed by atoms with Gasteiger partial charge < -0.3 is 15.2 Å². The van der Waals surface area contributed by atoms with Gasteiger partial charge in [0.25, 0.3) is 0 Å². The van der Waals surface area contributed by atoms with Crippen LogP contribution in [-0.2, 0) is 4.79 Å². The van der Waals surface area contributed by atoms with E-state index < -0.39 is 12.1 Å². The van der Waals surface area contributed by atoms with Crippen molar-refractivity contribution in [1.82, 2.24) is 5.43 Å². The van der Waals surface area contributed by atoms with E-state index in [2.05, 4.69) is 15.8 Å². The molecule has 0 aliphatic carbocycles. The molecule has 1 atom stereocenters. The number of nitrogens with one attached hydrogen (secondary N) is 2. The quantitative estimate of drug-likeness (QED) is 0.425. The van der Waals surface area contributed by atoms with Crippen LogP contribution in [0, 0.1) is 0 Å². The van der Waals surface area contributed by atoms with E-state index in [4.69, 9.17) is 22.1 Å². The molecule has 0 spiro atoms. The summed E-state index contributed by atoms with van der Waals surface area (Å²) in [6.45, 7) is 1.47. The first-order chi connectivity index (χ1) is 11.5. The van der Waals surface area contributed by atoms with E-state index in [1.54, 1.807) is 30.5 Å². The van der Waals surface area contributed by atoms with Crippen molar-refractivity contribution in [2.24, 2.45) is 5.10 Å². The average molecular weight is 343 g/mol. The van der Waals surface area contributed by atoms with Crippen LogP contribution >= 0.6 is 12.2 Å². The molecular weight excluding hydrogens is 326 g/mol. The number of hydrogen-bond donors (Lipinski definition) is 3. The van der Waals surface area contributed by atoms with Crippen LogP contribution in [0.5, 0.6) is 5.75 Å². The third-order valence-electron chi connectivity index (χ3n) is 2.95. The molecule has 0 radical (unpaired) electrons. The number of benzene rings is 2. The number of carboxylic acid groups (broad SMARTS) is 1. The van der Waals surface area contributed by atoms with Gasteiger partial charge in [-0.1, -0.05) is 18.2 Å². The summed E-state index contributed by atoms with van der Waals surface area (Å²) in [6.07, 6.45) is 0.705. The number of ether oxygens (including phenoxy) is 1. The van der Waals surface area contributed by atoms with Gasteiger partial charge in [0.1, 0.15) is 5.75 Å². The second-order valence-corrected chi connectivity index (χ2v) is 5.27. The first kappa shape index (κ1) is 17.4. The number of thiocarbonyl (C=S) groups is 1. The molecule has 0 heterocycles. The lowest BCUT2D eigenvalue weighted by molar-refractivity contribution is -0.144. The van der Waals surface area contributed by atoms with Gasteiger partial charge >= 0.3 is 5.97 Å². The molecule has 0 amide bonds. The maximum Gasteiger partial charge on any atom is 0.344 e. The number of rotatable bonds is 6. The van der Waals surface area contributed by atoms with E-state index in [1.165, 1.54) is 6.92 Å². The summed E-state index contributed by atoms with van der Waals surface area (Å²) in [7, 11) is 0. The predicted octanol–water partition coefficient (Wildman–Crippen LogP) is 2.86. The predicted molar refractivity (Wildman–Crippen MR) is 97.6 cm³/mol. The van der Waals surface area contributed by atoms with E-state index in [0.717, 1.165) is 11.3 Å².